The second kappa shape index (κ2) is 12.9. The number of hydrogen-bond acceptors (Lipinski definition) is 4. The molecule has 0 aliphatic carbocycles. The number of fused-ring (bicyclic) bond motifs is 16. The van der Waals surface area contributed by atoms with E-state index < -0.39 is 0 Å². The Morgan fingerprint density at radius 2 is 0.810 bits per heavy atom. The van der Waals surface area contributed by atoms with E-state index in [1.165, 1.54) is 37.7 Å². The molecule has 63 heavy (non-hydrogen) atoms. The fourth-order valence-corrected chi connectivity index (χ4v) is 10.3. The molecule has 0 radical (unpaired) electrons. The predicted octanol–water partition coefficient (Wildman–Crippen LogP) is 14.8. The summed E-state index contributed by atoms with van der Waals surface area (Å²) in [7, 11) is 0. The Labute approximate surface area is 359 Å². The molecule has 10 aromatic carbocycles. The largest absolute Gasteiger partial charge is 0.456 e. The highest BCUT2D eigenvalue weighted by Crippen LogP contribution is 2.45. The van der Waals surface area contributed by atoms with Gasteiger partial charge in [0.15, 0.2) is 11.6 Å². The van der Waals surface area contributed by atoms with Crippen LogP contribution in [0.15, 0.2) is 205 Å². The zero-order chi connectivity index (χ0) is 41.2. The van der Waals surface area contributed by atoms with Crippen LogP contribution in [0.2, 0.25) is 0 Å². The predicted molar refractivity (Wildman–Crippen MR) is 259 cm³/mol. The van der Waals surface area contributed by atoms with Crippen LogP contribution in [0.4, 0.5) is 0 Å². The molecule has 6 nitrogen and oxygen atoms in total. The topological polar surface area (TPSA) is 61.7 Å². The van der Waals surface area contributed by atoms with Crippen molar-refractivity contribution in [1.29, 1.82) is 0 Å². The number of para-hydroxylation sites is 3. The highest BCUT2D eigenvalue weighted by molar-refractivity contribution is 6.29. The second-order valence-electron chi connectivity index (χ2n) is 16.3. The summed E-state index contributed by atoms with van der Waals surface area (Å²) in [6.07, 6.45) is 0. The molecule has 292 valence electrons. The van der Waals surface area contributed by atoms with Crippen LogP contribution in [0.3, 0.4) is 0 Å². The minimum atomic E-state index is 0.536. The zero-order valence-electron chi connectivity index (χ0n) is 33.7. The molecule has 4 aromatic heterocycles. The van der Waals surface area contributed by atoms with Gasteiger partial charge in [0, 0.05) is 48.8 Å². The Morgan fingerprint density at radius 3 is 1.51 bits per heavy atom. The van der Waals surface area contributed by atoms with Crippen molar-refractivity contribution >= 4 is 97.9 Å². The first-order chi connectivity index (χ1) is 31.3. The highest BCUT2D eigenvalue weighted by Gasteiger charge is 2.25. The van der Waals surface area contributed by atoms with Gasteiger partial charge in [-0.25, -0.2) is 4.98 Å². The number of aromatic nitrogens is 5. The molecule has 0 atom stereocenters. The van der Waals surface area contributed by atoms with Crippen molar-refractivity contribution in [3.8, 4) is 34.4 Å². The maximum atomic E-state index is 6.38. The van der Waals surface area contributed by atoms with Crippen molar-refractivity contribution < 1.29 is 4.42 Å². The molecule has 0 saturated carbocycles. The Balaban J connectivity index is 1.13. The normalized spacial score (nSPS) is 12.1. The van der Waals surface area contributed by atoms with E-state index in [-0.39, 0.29) is 0 Å². The molecule has 14 aromatic rings. The van der Waals surface area contributed by atoms with Gasteiger partial charge in [-0.15, -0.1) is 0 Å². The highest BCUT2D eigenvalue weighted by atomic mass is 16.3. The minimum Gasteiger partial charge on any atom is -0.456 e. The SMILES string of the molecule is c1ccc(-c2nc(-c3ccc4c(c3)oc3ccccc34)nc(-n3c4ccccc4c4ccc5c6ccccc6n(-c6cccc7c8ccccc8c8ccccc8c67)c5c43)n2)cc1. The molecule has 0 unspecified atom stereocenters. The number of furan rings is 1. The standard InChI is InChI=1S/C57H33N5O/c1-2-15-34(16-3-1)55-58-56(35-29-30-42-41-22-10-13-28-50(41)63-51(42)33-35)60-57(59-55)62-48-26-12-9-21-40(48)46-32-31-45-39-20-8-11-25-47(39)61(53(45)54(46)62)49-27-14-24-44-38-18-5-4-17-36(38)37-19-6-7-23-43(37)52(44)49/h1-33H. The molecular weight excluding hydrogens is 771 g/mol. The maximum absolute atomic E-state index is 6.38. The third-order valence-corrected chi connectivity index (χ3v) is 12.9. The summed E-state index contributed by atoms with van der Waals surface area (Å²) < 4.78 is 11.1. The number of benzene rings is 10. The van der Waals surface area contributed by atoms with E-state index >= 15 is 0 Å². The van der Waals surface area contributed by atoms with Crippen molar-refractivity contribution in [2.75, 3.05) is 0 Å². The summed E-state index contributed by atoms with van der Waals surface area (Å²) in [6, 6.07) is 70.9. The van der Waals surface area contributed by atoms with Gasteiger partial charge in [0.2, 0.25) is 5.95 Å². The third-order valence-electron chi connectivity index (χ3n) is 12.9. The van der Waals surface area contributed by atoms with Crippen molar-refractivity contribution in [3.63, 3.8) is 0 Å². The lowest BCUT2D eigenvalue weighted by atomic mass is 9.93. The Hall–Kier alpha value is -8.61. The average molecular weight is 804 g/mol. The van der Waals surface area contributed by atoms with E-state index in [0.29, 0.717) is 17.6 Å². The molecule has 0 saturated heterocycles. The van der Waals surface area contributed by atoms with E-state index in [2.05, 4.69) is 173 Å². The van der Waals surface area contributed by atoms with Gasteiger partial charge in [-0.2, -0.15) is 9.97 Å². The lowest BCUT2D eigenvalue weighted by molar-refractivity contribution is 0.669. The van der Waals surface area contributed by atoms with Crippen LogP contribution in [-0.2, 0) is 0 Å². The monoisotopic (exact) mass is 803 g/mol. The Morgan fingerprint density at radius 1 is 0.317 bits per heavy atom. The number of nitrogens with zero attached hydrogens (tertiary/aromatic N) is 5. The number of hydrogen-bond donors (Lipinski definition) is 0. The van der Waals surface area contributed by atoms with E-state index in [4.69, 9.17) is 19.4 Å². The summed E-state index contributed by atoms with van der Waals surface area (Å²) in [4.78, 5) is 15.9. The van der Waals surface area contributed by atoms with Crippen LogP contribution in [0, 0.1) is 0 Å². The Kier molecular flexibility index (Phi) is 7.02. The smallest absolute Gasteiger partial charge is 0.238 e. The first kappa shape index (κ1) is 34.1. The van der Waals surface area contributed by atoms with Gasteiger partial charge in [0.25, 0.3) is 0 Å². The quantitative estimate of drug-likeness (QED) is 0.166. The molecule has 6 heteroatoms. The first-order valence-electron chi connectivity index (χ1n) is 21.3. The van der Waals surface area contributed by atoms with E-state index in [1.54, 1.807) is 0 Å². The van der Waals surface area contributed by atoms with Crippen LogP contribution in [-0.4, -0.2) is 24.1 Å². The zero-order valence-corrected chi connectivity index (χ0v) is 33.7. The Bertz CT molecular complexity index is 4170. The van der Waals surface area contributed by atoms with Gasteiger partial charge in [-0.1, -0.05) is 164 Å². The molecule has 0 fully saturated rings. The summed E-state index contributed by atoms with van der Waals surface area (Å²) >= 11 is 0. The average Bonchev–Trinajstić information content (AvgIpc) is 4.01. The maximum Gasteiger partial charge on any atom is 0.238 e. The molecule has 0 N–H and O–H groups in total. The lowest BCUT2D eigenvalue weighted by Crippen LogP contribution is -2.07. The molecular formula is C57H33N5O. The van der Waals surface area contributed by atoms with Crippen molar-refractivity contribution in [2.45, 2.75) is 0 Å². The van der Waals surface area contributed by atoms with Gasteiger partial charge in [-0.05, 0) is 63.3 Å². The third kappa shape index (κ3) is 4.86. The van der Waals surface area contributed by atoms with E-state index in [1.807, 2.05) is 36.4 Å². The summed E-state index contributed by atoms with van der Waals surface area (Å²) in [6.45, 7) is 0. The first-order valence-corrected chi connectivity index (χ1v) is 21.3. The van der Waals surface area contributed by atoms with Crippen LogP contribution >= 0.6 is 0 Å². The van der Waals surface area contributed by atoms with Gasteiger partial charge < -0.3 is 8.98 Å². The van der Waals surface area contributed by atoms with Crippen molar-refractivity contribution in [3.05, 3.63) is 200 Å². The molecule has 14 rings (SSSR count). The molecule has 0 amide bonds. The fourth-order valence-electron chi connectivity index (χ4n) is 10.3. The van der Waals surface area contributed by atoms with Gasteiger partial charge >= 0.3 is 0 Å². The van der Waals surface area contributed by atoms with Crippen LogP contribution in [0.1, 0.15) is 0 Å². The fraction of sp³-hybridized carbons (Fsp3) is 0. The van der Waals surface area contributed by atoms with E-state index in [9.17, 15) is 0 Å². The summed E-state index contributed by atoms with van der Waals surface area (Å²) in [5, 5.41) is 14.1. The van der Waals surface area contributed by atoms with Crippen LogP contribution in [0.5, 0.6) is 0 Å². The van der Waals surface area contributed by atoms with Gasteiger partial charge in [0.05, 0.1) is 27.8 Å². The van der Waals surface area contributed by atoms with Crippen LogP contribution < -0.4 is 0 Å². The molecule has 0 aliphatic rings. The van der Waals surface area contributed by atoms with Crippen molar-refractivity contribution in [1.82, 2.24) is 24.1 Å². The summed E-state index contributed by atoms with van der Waals surface area (Å²) in [5.41, 5.74) is 8.75. The van der Waals surface area contributed by atoms with Gasteiger partial charge in [-0.3, -0.25) is 4.57 Å². The van der Waals surface area contributed by atoms with E-state index in [0.717, 1.165) is 77.0 Å². The molecule has 0 spiro atoms. The van der Waals surface area contributed by atoms with Crippen LogP contribution in [0.25, 0.3) is 132 Å². The minimum absolute atomic E-state index is 0.536. The van der Waals surface area contributed by atoms with Crippen molar-refractivity contribution in [2.24, 2.45) is 0 Å². The molecule has 0 bridgehead atoms. The number of rotatable bonds is 4. The van der Waals surface area contributed by atoms with Gasteiger partial charge in [0.1, 0.15) is 11.2 Å². The summed E-state index contributed by atoms with van der Waals surface area (Å²) in [5.74, 6) is 1.69. The second-order valence-corrected chi connectivity index (χ2v) is 16.3. The lowest BCUT2D eigenvalue weighted by Gasteiger charge is -2.17. The molecule has 4 heterocycles. The molecule has 0 aliphatic heterocycles.